The molecule has 3 rings (SSSR count). The lowest BCUT2D eigenvalue weighted by Crippen LogP contribution is -2.18. The molecule has 0 aliphatic carbocycles. The largest absolute Gasteiger partial charge is 0.493 e. The molecule has 0 saturated carbocycles. The Morgan fingerprint density at radius 1 is 0.966 bits per heavy atom. The minimum atomic E-state index is -0.544. The molecule has 0 aromatic heterocycles. The van der Waals surface area contributed by atoms with Crippen LogP contribution in [0.4, 0.5) is 0 Å². The van der Waals surface area contributed by atoms with Crippen LogP contribution in [0, 0.1) is 11.3 Å². The second kappa shape index (κ2) is 9.77. The molecule has 5 heteroatoms. The van der Waals surface area contributed by atoms with Crippen LogP contribution in [0.1, 0.15) is 11.1 Å². The Hall–Kier alpha value is -4.04. The molecule has 0 N–H and O–H groups in total. The van der Waals surface area contributed by atoms with Crippen LogP contribution in [0.5, 0.6) is 17.2 Å². The highest BCUT2D eigenvalue weighted by molar-refractivity contribution is 5.89. The first-order chi connectivity index (χ1) is 14.2. The Kier molecular flexibility index (Phi) is 6.64. The van der Waals surface area contributed by atoms with Gasteiger partial charge < -0.3 is 14.2 Å². The molecule has 0 atom stereocenters. The van der Waals surface area contributed by atoms with Gasteiger partial charge in [-0.15, -0.1) is 0 Å². The van der Waals surface area contributed by atoms with Crippen molar-refractivity contribution in [1.29, 1.82) is 5.26 Å². The minimum absolute atomic E-state index is 0.221. The van der Waals surface area contributed by atoms with Crippen molar-refractivity contribution in [3.63, 3.8) is 0 Å². The van der Waals surface area contributed by atoms with E-state index in [0.29, 0.717) is 17.1 Å². The first kappa shape index (κ1) is 19.7. The Bertz CT molecular complexity index is 1040. The van der Waals surface area contributed by atoms with Crippen molar-refractivity contribution in [2.45, 2.75) is 0 Å². The standard InChI is InChI=1S/C24H19NO4/c1-27-23-15-18(14-20(16-25)19-8-4-2-5-9-19)12-13-22(23)29-24(26)17-28-21-10-6-3-7-11-21/h2-15H,17H2,1H3. The molecule has 0 spiro atoms. The van der Waals surface area contributed by atoms with Gasteiger partial charge in [-0.05, 0) is 41.5 Å². The van der Waals surface area contributed by atoms with Gasteiger partial charge in [-0.3, -0.25) is 0 Å². The number of rotatable bonds is 7. The lowest BCUT2D eigenvalue weighted by atomic mass is 10.0. The number of hydrogen-bond acceptors (Lipinski definition) is 5. The Morgan fingerprint density at radius 3 is 2.31 bits per heavy atom. The molecule has 5 nitrogen and oxygen atoms in total. The van der Waals surface area contributed by atoms with Crippen molar-refractivity contribution in [2.75, 3.05) is 13.7 Å². The molecule has 0 heterocycles. The van der Waals surface area contributed by atoms with Crippen molar-refractivity contribution < 1.29 is 19.0 Å². The first-order valence-corrected chi connectivity index (χ1v) is 8.93. The van der Waals surface area contributed by atoms with E-state index in [4.69, 9.17) is 14.2 Å². The maximum atomic E-state index is 12.1. The van der Waals surface area contributed by atoms with Crippen LogP contribution < -0.4 is 14.2 Å². The minimum Gasteiger partial charge on any atom is -0.493 e. The number of para-hydroxylation sites is 1. The zero-order chi connectivity index (χ0) is 20.5. The fraction of sp³-hybridized carbons (Fsp3) is 0.0833. The normalized spacial score (nSPS) is 10.7. The summed E-state index contributed by atoms with van der Waals surface area (Å²) in [5.74, 6) is 0.709. The van der Waals surface area contributed by atoms with E-state index in [2.05, 4.69) is 6.07 Å². The number of allylic oxidation sites excluding steroid dienone is 1. The predicted molar refractivity (Wildman–Crippen MR) is 110 cm³/mol. The van der Waals surface area contributed by atoms with Crippen molar-refractivity contribution >= 4 is 17.6 Å². The fourth-order valence-electron chi connectivity index (χ4n) is 2.63. The summed E-state index contributed by atoms with van der Waals surface area (Å²) >= 11 is 0. The molecule has 29 heavy (non-hydrogen) atoms. The van der Waals surface area contributed by atoms with Gasteiger partial charge in [-0.1, -0.05) is 54.6 Å². The number of hydrogen-bond donors (Lipinski definition) is 0. The van der Waals surface area contributed by atoms with Crippen LogP contribution in [0.2, 0.25) is 0 Å². The molecule has 3 aromatic carbocycles. The number of esters is 1. The van der Waals surface area contributed by atoms with Gasteiger partial charge in [0.05, 0.1) is 18.8 Å². The van der Waals surface area contributed by atoms with Gasteiger partial charge in [-0.25, -0.2) is 4.79 Å². The van der Waals surface area contributed by atoms with Crippen LogP contribution in [-0.2, 0) is 4.79 Å². The lowest BCUT2D eigenvalue weighted by molar-refractivity contribution is -0.136. The van der Waals surface area contributed by atoms with E-state index >= 15 is 0 Å². The fourth-order valence-corrected chi connectivity index (χ4v) is 2.63. The van der Waals surface area contributed by atoms with Crippen LogP contribution in [0.25, 0.3) is 11.6 Å². The molecule has 0 bridgehead atoms. The van der Waals surface area contributed by atoms with E-state index in [0.717, 1.165) is 11.1 Å². The Labute approximate surface area is 169 Å². The third-order valence-electron chi connectivity index (χ3n) is 4.03. The van der Waals surface area contributed by atoms with Crippen molar-refractivity contribution in [1.82, 2.24) is 0 Å². The molecular weight excluding hydrogens is 366 g/mol. The average Bonchev–Trinajstić information content (AvgIpc) is 2.78. The summed E-state index contributed by atoms with van der Waals surface area (Å²) in [4.78, 5) is 12.1. The van der Waals surface area contributed by atoms with Crippen molar-refractivity contribution in [3.8, 4) is 23.3 Å². The Morgan fingerprint density at radius 2 is 1.66 bits per heavy atom. The molecular formula is C24H19NO4. The third kappa shape index (κ3) is 5.47. The molecule has 0 fully saturated rings. The quantitative estimate of drug-likeness (QED) is 0.254. The van der Waals surface area contributed by atoms with Gasteiger partial charge in [0.2, 0.25) is 0 Å². The molecule has 0 aliphatic rings. The SMILES string of the molecule is COc1cc(C=C(C#N)c2ccccc2)ccc1OC(=O)COc1ccccc1. The van der Waals surface area contributed by atoms with Crippen molar-refractivity contribution in [3.05, 3.63) is 90.0 Å². The molecule has 144 valence electrons. The monoisotopic (exact) mass is 385 g/mol. The van der Waals surface area contributed by atoms with Crippen molar-refractivity contribution in [2.24, 2.45) is 0 Å². The predicted octanol–water partition coefficient (Wildman–Crippen LogP) is 4.74. The van der Waals surface area contributed by atoms with Gasteiger partial charge in [0.15, 0.2) is 18.1 Å². The molecule has 0 saturated heterocycles. The number of carbonyl (C=O) groups excluding carboxylic acids is 1. The lowest BCUT2D eigenvalue weighted by Gasteiger charge is -2.11. The summed E-state index contributed by atoms with van der Waals surface area (Å²) in [6, 6.07) is 25.7. The molecule has 0 amide bonds. The van der Waals surface area contributed by atoms with Gasteiger partial charge in [0.1, 0.15) is 5.75 Å². The Balaban J connectivity index is 1.72. The summed E-state index contributed by atoms with van der Waals surface area (Å²) in [5, 5.41) is 9.46. The summed E-state index contributed by atoms with van der Waals surface area (Å²) in [5.41, 5.74) is 2.10. The van der Waals surface area contributed by atoms with Gasteiger partial charge >= 0.3 is 5.97 Å². The highest BCUT2D eigenvalue weighted by atomic mass is 16.6. The van der Waals surface area contributed by atoms with E-state index in [1.807, 2.05) is 48.5 Å². The van der Waals surface area contributed by atoms with Gasteiger partial charge in [0, 0.05) is 0 Å². The second-order valence-electron chi connectivity index (χ2n) is 6.02. The van der Waals surface area contributed by atoms with E-state index < -0.39 is 5.97 Å². The third-order valence-corrected chi connectivity index (χ3v) is 4.03. The molecule has 3 aromatic rings. The summed E-state index contributed by atoms with van der Waals surface area (Å²) in [6.45, 7) is -0.221. The number of nitrogens with zero attached hydrogens (tertiary/aromatic N) is 1. The molecule has 0 unspecified atom stereocenters. The maximum absolute atomic E-state index is 12.1. The van der Waals surface area contributed by atoms with Crippen LogP contribution >= 0.6 is 0 Å². The number of nitriles is 1. The average molecular weight is 385 g/mol. The van der Waals surface area contributed by atoms with Gasteiger partial charge in [0.25, 0.3) is 0 Å². The van der Waals surface area contributed by atoms with E-state index in [-0.39, 0.29) is 12.4 Å². The summed E-state index contributed by atoms with van der Waals surface area (Å²) in [6.07, 6.45) is 1.75. The maximum Gasteiger partial charge on any atom is 0.349 e. The second-order valence-corrected chi connectivity index (χ2v) is 6.02. The molecule has 0 aliphatic heterocycles. The van der Waals surface area contributed by atoms with E-state index in [1.54, 1.807) is 36.4 Å². The van der Waals surface area contributed by atoms with Crippen LogP contribution in [0.3, 0.4) is 0 Å². The highest BCUT2D eigenvalue weighted by Crippen LogP contribution is 2.30. The number of benzene rings is 3. The summed E-state index contributed by atoms with van der Waals surface area (Å²) < 4.78 is 16.1. The smallest absolute Gasteiger partial charge is 0.349 e. The van der Waals surface area contributed by atoms with Crippen LogP contribution in [0.15, 0.2) is 78.9 Å². The number of carbonyl (C=O) groups is 1. The van der Waals surface area contributed by atoms with Crippen LogP contribution in [-0.4, -0.2) is 19.7 Å². The van der Waals surface area contributed by atoms with E-state index in [9.17, 15) is 10.1 Å². The number of ether oxygens (including phenoxy) is 3. The first-order valence-electron chi connectivity index (χ1n) is 8.93. The zero-order valence-corrected chi connectivity index (χ0v) is 15.9. The zero-order valence-electron chi connectivity index (χ0n) is 15.9. The summed E-state index contributed by atoms with van der Waals surface area (Å²) in [7, 11) is 1.49. The number of methoxy groups -OCH3 is 1. The van der Waals surface area contributed by atoms with Gasteiger partial charge in [-0.2, -0.15) is 5.26 Å². The highest BCUT2D eigenvalue weighted by Gasteiger charge is 2.12. The van der Waals surface area contributed by atoms with E-state index in [1.165, 1.54) is 7.11 Å². The topological polar surface area (TPSA) is 68.5 Å². The molecule has 0 radical (unpaired) electrons.